The highest BCUT2D eigenvalue weighted by atomic mass is 16.5. The zero-order valence-corrected chi connectivity index (χ0v) is 7.06. The van der Waals surface area contributed by atoms with Gasteiger partial charge in [0.25, 0.3) is 0 Å². The van der Waals surface area contributed by atoms with Crippen LogP contribution in [-0.2, 0) is 0 Å². The van der Waals surface area contributed by atoms with E-state index in [1.54, 1.807) is 19.2 Å². The number of hydrogen-bond acceptors (Lipinski definition) is 5. The minimum atomic E-state index is 0.177. The van der Waals surface area contributed by atoms with Gasteiger partial charge in [0.2, 0.25) is 11.8 Å². The van der Waals surface area contributed by atoms with E-state index in [1.165, 1.54) is 4.52 Å². The minimum Gasteiger partial charge on any atom is -0.481 e. The van der Waals surface area contributed by atoms with E-state index in [0.717, 1.165) is 0 Å². The van der Waals surface area contributed by atoms with Gasteiger partial charge in [0.15, 0.2) is 5.65 Å². The maximum atomic E-state index is 5.66. The molecule has 0 spiro atoms. The number of ether oxygens (including phenoxy) is 1. The van der Waals surface area contributed by atoms with Crippen LogP contribution >= 0.6 is 0 Å². The maximum Gasteiger partial charge on any atom is 0.240 e. The second kappa shape index (κ2) is 2.51. The van der Waals surface area contributed by atoms with Gasteiger partial charge in [0, 0.05) is 6.07 Å². The van der Waals surface area contributed by atoms with E-state index in [0.29, 0.717) is 17.2 Å². The van der Waals surface area contributed by atoms with Gasteiger partial charge in [-0.2, -0.15) is 9.50 Å². The number of fused-ring (bicyclic) bond motifs is 1. The lowest BCUT2D eigenvalue weighted by Crippen LogP contribution is -1.98. The predicted molar refractivity (Wildman–Crippen MR) is 48.4 cm³/mol. The molecule has 0 aliphatic rings. The van der Waals surface area contributed by atoms with E-state index >= 15 is 0 Å². The monoisotopic (exact) mass is 179 g/mol. The van der Waals surface area contributed by atoms with Crippen LogP contribution in [0.2, 0.25) is 0 Å². The number of nitrogens with two attached hydrogens (primary N) is 2. The van der Waals surface area contributed by atoms with E-state index in [1.807, 2.05) is 0 Å². The van der Waals surface area contributed by atoms with Crippen LogP contribution in [0.25, 0.3) is 5.65 Å². The molecule has 0 unspecified atom stereocenters. The van der Waals surface area contributed by atoms with Gasteiger partial charge in [-0.15, -0.1) is 5.10 Å². The fourth-order valence-electron chi connectivity index (χ4n) is 1.13. The van der Waals surface area contributed by atoms with E-state index in [9.17, 15) is 0 Å². The molecule has 2 rings (SSSR count). The summed E-state index contributed by atoms with van der Waals surface area (Å²) in [7, 11) is 1.54. The summed E-state index contributed by atoms with van der Waals surface area (Å²) in [6.07, 6.45) is 0. The molecular weight excluding hydrogens is 170 g/mol. The molecule has 0 fully saturated rings. The van der Waals surface area contributed by atoms with Crippen molar-refractivity contribution >= 4 is 17.3 Å². The summed E-state index contributed by atoms with van der Waals surface area (Å²) in [4.78, 5) is 3.95. The molecule has 2 aromatic heterocycles. The summed E-state index contributed by atoms with van der Waals surface area (Å²) >= 11 is 0. The summed E-state index contributed by atoms with van der Waals surface area (Å²) in [6.45, 7) is 0. The Morgan fingerprint density at radius 2 is 2.15 bits per heavy atom. The van der Waals surface area contributed by atoms with Gasteiger partial charge >= 0.3 is 0 Å². The molecule has 2 aromatic rings. The van der Waals surface area contributed by atoms with Crippen molar-refractivity contribution in [3.05, 3.63) is 12.1 Å². The zero-order valence-electron chi connectivity index (χ0n) is 7.06. The van der Waals surface area contributed by atoms with Crippen LogP contribution in [-0.4, -0.2) is 21.7 Å². The molecule has 13 heavy (non-hydrogen) atoms. The number of methoxy groups -OCH3 is 1. The molecule has 0 aromatic carbocycles. The average Bonchev–Trinajstić information content (AvgIpc) is 2.48. The van der Waals surface area contributed by atoms with Gasteiger partial charge in [-0.25, -0.2) is 0 Å². The van der Waals surface area contributed by atoms with E-state index in [-0.39, 0.29) is 5.95 Å². The summed E-state index contributed by atoms with van der Waals surface area (Å²) in [6, 6.07) is 3.40. The lowest BCUT2D eigenvalue weighted by Gasteiger charge is -2.02. The van der Waals surface area contributed by atoms with Crippen molar-refractivity contribution in [1.29, 1.82) is 0 Å². The fraction of sp³-hybridized carbons (Fsp3) is 0.143. The van der Waals surface area contributed by atoms with Crippen LogP contribution < -0.4 is 16.2 Å². The molecule has 0 atom stereocenters. The van der Waals surface area contributed by atoms with Crippen molar-refractivity contribution in [2.75, 3.05) is 18.6 Å². The van der Waals surface area contributed by atoms with Crippen LogP contribution in [0.3, 0.4) is 0 Å². The van der Waals surface area contributed by atoms with Crippen LogP contribution in [0, 0.1) is 0 Å². The Kier molecular flexibility index (Phi) is 1.48. The Balaban J connectivity index is 2.83. The van der Waals surface area contributed by atoms with Crippen LogP contribution in [0.5, 0.6) is 5.88 Å². The van der Waals surface area contributed by atoms with E-state index in [2.05, 4.69) is 10.1 Å². The average molecular weight is 179 g/mol. The number of nitrogens with zero attached hydrogens (tertiary/aromatic N) is 3. The molecule has 6 nitrogen and oxygen atoms in total. The van der Waals surface area contributed by atoms with Gasteiger partial charge in [-0.05, 0) is 6.07 Å². The summed E-state index contributed by atoms with van der Waals surface area (Å²) in [5, 5.41) is 3.92. The molecule has 6 heteroatoms. The number of nitrogen functional groups attached to an aromatic ring is 2. The van der Waals surface area contributed by atoms with Gasteiger partial charge in [-0.1, -0.05) is 0 Å². The van der Waals surface area contributed by atoms with Crippen LogP contribution in [0.1, 0.15) is 0 Å². The minimum absolute atomic E-state index is 0.177. The van der Waals surface area contributed by atoms with E-state index < -0.39 is 0 Å². The first-order chi connectivity index (χ1) is 6.22. The SMILES string of the molecule is COc1ccc(N)c2nc(N)nn12. The molecule has 0 aliphatic carbocycles. The van der Waals surface area contributed by atoms with Crippen molar-refractivity contribution < 1.29 is 4.74 Å². The third-order valence-electron chi connectivity index (χ3n) is 1.71. The van der Waals surface area contributed by atoms with Crippen molar-refractivity contribution in [3.63, 3.8) is 0 Å². The first kappa shape index (κ1) is 7.66. The molecular formula is C7H9N5O. The molecule has 0 aliphatic heterocycles. The van der Waals surface area contributed by atoms with Crippen LogP contribution in [0.4, 0.5) is 11.6 Å². The second-order valence-corrected chi connectivity index (χ2v) is 2.54. The lowest BCUT2D eigenvalue weighted by molar-refractivity contribution is 0.386. The third kappa shape index (κ3) is 1.03. The number of rotatable bonds is 1. The van der Waals surface area contributed by atoms with Gasteiger partial charge in [0.05, 0.1) is 12.8 Å². The number of hydrogen-bond donors (Lipinski definition) is 2. The highest BCUT2D eigenvalue weighted by Gasteiger charge is 2.07. The summed E-state index contributed by atoms with van der Waals surface area (Å²) in [5.41, 5.74) is 12.1. The summed E-state index contributed by atoms with van der Waals surface area (Å²) in [5.74, 6) is 0.726. The Labute approximate surface area is 74.1 Å². The summed E-state index contributed by atoms with van der Waals surface area (Å²) < 4.78 is 6.51. The number of pyridine rings is 1. The number of aromatic nitrogens is 3. The zero-order chi connectivity index (χ0) is 9.42. The first-order valence-corrected chi connectivity index (χ1v) is 3.67. The largest absolute Gasteiger partial charge is 0.481 e. The molecule has 0 saturated carbocycles. The van der Waals surface area contributed by atoms with Gasteiger partial charge in [0.1, 0.15) is 0 Å². The Morgan fingerprint density at radius 1 is 1.38 bits per heavy atom. The Bertz CT molecular complexity index is 449. The third-order valence-corrected chi connectivity index (χ3v) is 1.71. The smallest absolute Gasteiger partial charge is 0.240 e. The van der Waals surface area contributed by atoms with Crippen molar-refractivity contribution in [1.82, 2.24) is 14.6 Å². The topological polar surface area (TPSA) is 91.5 Å². The first-order valence-electron chi connectivity index (χ1n) is 3.67. The lowest BCUT2D eigenvalue weighted by atomic mass is 10.4. The fourth-order valence-corrected chi connectivity index (χ4v) is 1.13. The molecule has 0 amide bonds. The van der Waals surface area contributed by atoms with Crippen molar-refractivity contribution in [2.45, 2.75) is 0 Å². The predicted octanol–water partition coefficient (Wildman–Crippen LogP) is -0.0977. The second-order valence-electron chi connectivity index (χ2n) is 2.54. The molecule has 0 bridgehead atoms. The highest BCUT2D eigenvalue weighted by molar-refractivity contribution is 5.66. The highest BCUT2D eigenvalue weighted by Crippen LogP contribution is 2.18. The standard InChI is InChI=1S/C7H9N5O/c1-13-5-3-2-4(8)6-10-7(9)11-12(5)6/h2-3H,8H2,1H3,(H2,9,11). The molecule has 68 valence electrons. The van der Waals surface area contributed by atoms with Crippen molar-refractivity contribution in [2.24, 2.45) is 0 Å². The van der Waals surface area contributed by atoms with Gasteiger partial charge < -0.3 is 16.2 Å². The van der Waals surface area contributed by atoms with Crippen LogP contribution in [0.15, 0.2) is 12.1 Å². The Hall–Kier alpha value is -1.98. The van der Waals surface area contributed by atoms with Crippen molar-refractivity contribution in [3.8, 4) is 5.88 Å². The molecule has 4 N–H and O–H groups in total. The number of anilines is 2. The Morgan fingerprint density at radius 3 is 2.85 bits per heavy atom. The van der Waals surface area contributed by atoms with Gasteiger partial charge in [-0.3, -0.25) is 0 Å². The maximum absolute atomic E-state index is 5.66. The van der Waals surface area contributed by atoms with E-state index in [4.69, 9.17) is 16.2 Å². The quantitative estimate of drug-likeness (QED) is 0.638. The molecule has 0 saturated heterocycles. The molecule has 2 heterocycles. The molecule has 0 radical (unpaired) electrons. The normalized spacial score (nSPS) is 10.5.